The zero-order chi connectivity index (χ0) is 15.3. The van der Waals surface area contributed by atoms with Gasteiger partial charge in [0.15, 0.2) is 11.5 Å². The zero-order valence-corrected chi connectivity index (χ0v) is 10.7. The molecule has 1 aromatic rings. The van der Waals surface area contributed by atoms with Crippen molar-refractivity contribution in [1.29, 1.82) is 0 Å². The quantitative estimate of drug-likeness (QED) is 0.835. The van der Waals surface area contributed by atoms with E-state index in [0.717, 1.165) is 13.3 Å². The number of aromatic hydroxyl groups is 1. The van der Waals surface area contributed by atoms with Crippen molar-refractivity contribution in [1.82, 2.24) is 4.98 Å². The number of aromatic nitrogens is 1. The number of carbonyl (C=O) groups excluding carboxylic acids is 1. The van der Waals surface area contributed by atoms with Crippen LogP contribution in [0.15, 0.2) is 6.20 Å². The first-order valence-electron chi connectivity index (χ1n) is 5.44. The molecular formula is C11H12F3NO5. The molecule has 112 valence electrons. The Bertz CT molecular complexity index is 490. The van der Waals surface area contributed by atoms with Crippen LogP contribution in [0.4, 0.5) is 13.2 Å². The number of carbonyl (C=O) groups is 1. The van der Waals surface area contributed by atoms with Crippen LogP contribution < -0.4 is 9.47 Å². The van der Waals surface area contributed by atoms with Crippen LogP contribution in [-0.2, 0) is 16.0 Å². The van der Waals surface area contributed by atoms with Gasteiger partial charge >= 0.3 is 12.3 Å². The van der Waals surface area contributed by atoms with Crippen molar-refractivity contribution < 1.29 is 37.3 Å². The molecule has 0 aliphatic rings. The van der Waals surface area contributed by atoms with Gasteiger partial charge in [-0.05, 0) is 6.92 Å². The normalized spacial score (nSPS) is 11.1. The highest BCUT2D eigenvalue weighted by Gasteiger charge is 2.35. The summed E-state index contributed by atoms with van der Waals surface area (Å²) >= 11 is 0. The van der Waals surface area contributed by atoms with E-state index in [4.69, 9.17) is 0 Å². The molecule has 0 aromatic carbocycles. The van der Waals surface area contributed by atoms with Crippen molar-refractivity contribution >= 4 is 5.97 Å². The number of methoxy groups -OCH3 is 1. The van der Waals surface area contributed by atoms with E-state index in [9.17, 15) is 23.1 Å². The maximum Gasteiger partial charge on any atom is 0.573 e. The molecule has 1 heterocycles. The number of hydrogen-bond donors (Lipinski definition) is 1. The minimum Gasteiger partial charge on any atom is -0.503 e. The summed E-state index contributed by atoms with van der Waals surface area (Å²) in [4.78, 5) is 14.9. The van der Waals surface area contributed by atoms with Crippen LogP contribution in [0.1, 0.15) is 12.6 Å². The largest absolute Gasteiger partial charge is 0.573 e. The molecule has 1 aromatic heterocycles. The summed E-state index contributed by atoms with van der Waals surface area (Å²) in [5.74, 6) is -3.02. The molecule has 0 radical (unpaired) electrons. The van der Waals surface area contributed by atoms with Gasteiger partial charge in [0, 0.05) is 0 Å². The van der Waals surface area contributed by atoms with Gasteiger partial charge in [-0.2, -0.15) is 0 Å². The summed E-state index contributed by atoms with van der Waals surface area (Å²) in [6, 6.07) is 0. The van der Waals surface area contributed by atoms with E-state index in [1.54, 1.807) is 6.92 Å². The maximum atomic E-state index is 12.3. The Morgan fingerprint density at radius 1 is 1.45 bits per heavy atom. The molecule has 1 N–H and O–H groups in total. The molecule has 0 atom stereocenters. The van der Waals surface area contributed by atoms with Crippen LogP contribution in [0.2, 0.25) is 0 Å². The Balaban J connectivity index is 3.11. The van der Waals surface area contributed by atoms with Crippen LogP contribution in [0, 0.1) is 0 Å². The standard InChI is InChI=1S/C11H12F3NO5/c1-3-19-8(16)4-6-9(17)10(20-11(12,13)14)7(18-2)5-15-6/h5,17H,3-4H2,1-2H3. The van der Waals surface area contributed by atoms with Crippen LogP contribution in [0.5, 0.6) is 17.2 Å². The van der Waals surface area contributed by atoms with Gasteiger partial charge in [0.05, 0.1) is 32.0 Å². The summed E-state index contributed by atoms with van der Waals surface area (Å²) < 4.78 is 49.7. The highest BCUT2D eigenvalue weighted by atomic mass is 19.4. The number of halogens is 3. The van der Waals surface area contributed by atoms with E-state index in [2.05, 4.69) is 19.2 Å². The lowest BCUT2D eigenvalue weighted by molar-refractivity contribution is -0.275. The van der Waals surface area contributed by atoms with Crippen LogP contribution >= 0.6 is 0 Å². The molecule has 0 unspecified atom stereocenters. The van der Waals surface area contributed by atoms with E-state index < -0.39 is 36.0 Å². The molecule has 0 saturated heterocycles. The van der Waals surface area contributed by atoms with Crippen LogP contribution in [0.25, 0.3) is 0 Å². The second-order valence-electron chi connectivity index (χ2n) is 3.48. The Kier molecular flexibility index (Phi) is 5.00. The average molecular weight is 295 g/mol. The van der Waals surface area contributed by atoms with Crippen molar-refractivity contribution in [3.05, 3.63) is 11.9 Å². The molecule has 6 nitrogen and oxygen atoms in total. The Hall–Kier alpha value is -2.19. The van der Waals surface area contributed by atoms with Crippen LogP contribution in [-0.4, -0.2) is 36.1 Å². The number of alkyl halides is 3. The van der Waals surface area contributed by atoms with Crippen molar-refractivity contribution in [3.8, 4) is 17.2 Å². The number of pyridine rings is 1. The Morgan fingerprint density at radius 3 is 2.60 bits per heavy atom. The molecule has 0 spiro atoms. The SMILES string of the molecule is CCOC(=O)Cc1ncc(OC)c(OC(F)(F)F)c1O. The Morgan fingerprint density at radius 2 is 2.10 bits per heavy atom. The molecule has 0 bridgehead atoms. The maximum absolute atomic E-state index is 12.3. The molecule has 20 heavy (non-hydrogen) atoms. The lowest BCUT2D eigenvalue weighted by Gasteiger charge is -2.15. The lowest BCUT2D eigenvalue weighted by Crippen LogP contribution is -2.18. The predicted molar refractivity (Wildman–Crippen MR) is 59.5 cm³/mol. The van der Waals surface area contributed by atoms with Crippen molar-refractivity contribution in [2.24, 2.45) is 0 Å². The summed E-state index contributed by atoms with van der Waals surface area (Å²) in [5, 5.41) is 9.71. The summed E-state index contributed by atoms with van der Waals surface area (Å²) in [6.07, 6.45) is -4.60. The third-order valence-corrected chi connectivity index (χ3v) is 2.10. The van der Waals surface area contributed by atoms with Gasteiger partial charge in [-0.1, -0.05) is 0 Å². The number of hydrogen-bond acceptors (Lipinski definition) is 6. The second-order valence-corrected chi connectivity index (χ2v) is 3.48. The smallest absolute Gasteiger partial charge is 0.503 e. The van der Waals surface area contributed by atoms with E-state index in [1.807, 2.05) is 0 Å². The topological polar surface area (TPSA) is 77.9 Å². The molecule has 9 heteroatoms. The van der Waals surface area contributed by atoms with E-state index in [1.165, 1.54) is 0 Å². The van der Waals surface area contributed by atoms with E-state index in [-0.39, 0.29) is 12.3 Å². The molecule has 0 aliphatic carbocycles. The average Bonchev–Trinajstić information content (AvgIpc) is 2.33. The van der Waals surface area contributed by atoms with Gasteiger partial charge in [0.2, 0.25) is 5.75 Å². The predicted octanol–water partition coefficient (Wildman–Crippen LogP) is 1.80. The molecule has 0 fully saturated rings. The first-order valence-corrected chi connectivity index (χ1v) is 5.44. The van der Waals surface area contributed by atoms with Gasteiger partial charge in [-0.15, -0.1) is 13.2 Å². The fourth-order valence-electron chi connectivity index (χ4n) is 1.34. The fraction of sp³-hybridized carbons (Fsp3) is 0.455. The number of rotatable bonds is 5. The fourth-order valence-corrected chi connectivity index (χ4v) is 1.34. The van der Waals surface area contributed by atoms with Crippen molar-refractivity contribution in [2.75, 3.05) is 13.7 Å². The van der Waals surface area contributed by atoms with Gasteiger partial charge in [0.25, 0.3) is 0 Å². The van der Waals surface area contributed by atoms with E-state index >= 15 is 0 Å². The Labute approximate surface area is 112 Å². The van der Waals surface area contributed by atoms with Gasteiger partial charge in [-0.3, -0.25) is 9.78 Å². The minimum absolute atomic E-state index is 0.0989. The third-order valence-electron chi connectivity index (χ3n) is 2.10. The number of nitrogens with zero attached hydrogens (tertiary/aromatic N) is 1. The number of ether oxygens (including phenoxy) is 3. The van der Waals surface area contributed by atoms with Crippen LogP contribution in [0.3, 0.4) is 0 Å². The van der Waals surface area contributed by atoms with E-state index in [0.29, 0.717) is 0 Å². The zero-order valence-electron chi connectivity index (χ0n) is 10.7. The molecule has 0 saturated carbocycles. The first-order chi connectivity index (χ1) is 9.28. The monoisotopic (exact) mass is 295 g/mol. The molecule has 0 aliphatic heterocycles. The van der Waals surface area contributed by atoms with Gasteiger partial charge in [0.1, 0.15) is 0 Å². The highest BCUT2D eigenvalue weighted by Crippen LogP contribution is 2.41. The van der Waals surface area contributed by atoms with Crippen molar-refractivity contribution in [2.45, 2.75) is 19.7 Å². The van der Waals surface area contributed by atoms with Gasteiger partial charge < -0.3 is 19.3 Å². The highest BCUT2D eigenvalue weighted by molar-refractivity contribution is 5.73. The minimum atomic E-state index is -5.02. The first kappa shape index (κ1) is 15.9. The molecular weight excluding hydrogens is 283 g/mol. The number of esters is 1. The summed E-state index contributed by atoms with van der Waals surface area (Å²) in [7, 11) is 1.09. The van der Waals surface area contributed by atoms with Gasteiger partial charge in [-0.25, -0.2) is 0 Å². The third kappa shape index (κ3) is 4.18. The molecule has 0 amide bonds. The molecule has 1 rings (SSSR count). The van der Waals surface area contributed by atoms with Crippen molar-refractivity contribution in [3.63, 3.8) is 0 Å². The lowest BCUT2D eigenvalue weighted by atomic mass is 10.2. The second kappa shape index (κ2) is 6.31. The summed E-state index contributed by atoms with van der Waals surface area (Å²) in [5.41, 5.74) is -0.302. The summed E-state index contributed by atoms with van der Waals surface area (Å²) in [6.45, 7) is 1.67.